The first-order chi connectivity index (χ1) is 18.6. The number of pyridine rings is 2. The van der Waals surface area contributed by atoms with Crippen LogP contribution < -0.4 is 21.8 Å². The molecule has 0 aliphatic carbocycles. The molecule has 182 valence electrons. The number of aromatic nitrogens is 2. The van der Waals surface area contributed by atoms with Gasteiger partial charge >= 0.3 is 0 Å². The van der Waals surface area contributed by atoms with Crippen molar-refractivity contribution in [3.63, 3.8) is 0 Å². The lowest BCUT2D eigenvalue weighted by atomic mass is 10.0. The van der Waals surface area contributed by atoms with E-state index in [-0.39, 0.29) is 11.1 Å². The highest BCUT2D eigenvalue weighted by atomic mass is 16.1. The van der Waals surface area contributed by atoms with Crippen LogP contribution in [0.25, 0.3) is 22.3 Å². The van der Waals surface area contributed by atoms with Crippen LogP contribution in [0.1, 0.15) is 11.1 Å². The Labute approximate surface area is 217 Å². The summed E-state index contributed by atoms with van der Waals surface area (Å²) < 4.78 is 0. The van der Waals surface area contributed by atoms with Crippen LogP contribution in [0.4, 0.5) is 23.0 Å². The van der Waals surface area contributed by atoms with Crippen molar-refractivity contribution in [2.45, 2.75) is 0 Å². The van der Waals surface area contributed by atoms with Gasteiger partial charge < -0.3 is 20.6 Å². The molecule has 0 saturated carbocycles. The van der Waals surface area contributed by atoms with Crippen LogP contribution in [0.3, 0.4) is 0 Å². The standard InChI is InChI=1S/C30H20N6O2/c31-17-25-23(19-7-3-1-4-8-19)15-27(35-29(25)37)33-21-11-13-22(14-12-21)34-28-16-24(20-9-5-2-6-10-20)26(18-32)30(38)36-28/h1-16H,(H2,33,35,37)(H2,34,36,38). The largest absolute Gasteiger partial charge is 0.342 e. The predicted molar refractivity (Wildman–Crippen MR) is 147 cm³/mol. The zero-order valence-electron chi connectivity index (χ0n) is 19.9. The van der Waals surface area contributed by atoms with Crippen molar-refractivity contribution >= 4 is 23.0 Å². The highest BCUT2D eigenvalue weighted by Crippen LogP contribution is 2.27. The van der Waals surface area contributed by atoms with Crippen molar-refractivity contribution in [3.05, 3.63) is 129 Å². The quantitative estimate of drug-likeness (QED) is 0.240. The molecule has 2 heterocycles. The fourth-order valence-corrected chi connectivity index (χ4v) is 4.11. The highest BCUT2D eigenvalue weighted by molar-refractivity contribution is 5.76. The smallest absolute Gasteiger partial charge is 0.268 e. The Morgan fingerprint density at radius 1 is 0.553 bits per heavy atom. The number of nitriles is 2. The molecule has 0 spiro atoms. The molecule has 5 rings (SSSR count). The van der Waals surface area contributed by atoms with Crippen LogP contribution in [0, 0.1) is 22.7 Å². The molecule has 0 amide bonds. The van der Waals surface area contributed by atoms with Gasteiger partial charge in [-0.25, -0.2) is 0 Å². The second kappa shape index (κ2) is 10.4. The second-order valence-corrected chi connectivity index (χ2v) is 8.38. The summed E-state index contributed by atoms with van der Waals surface area (Å²) in [5.41, 5.74) is 3.16. The number of nitrogens with zero attached hydrogens (tertiary/aromatic N) is 2. The maximum Gasteiger partial charge on any atom is 0.268 e. The van der Waals surface area contributed by atoms with E-state index in [4.69, 9.17) is 0 Å². The van der Waals surface area contributed by atoms with Gasteiger partial charge in [0.2, 0.25) is 0 Å². The van der Waals surface area contributed by atoms with Crippen LogP contribution in [0.15, 0.2) is 107 Å². The minimum absolute atomic E-state index is 0.0487. The molecule has 38 heavy (non-hydrogen) atoms. The van der Waals surface area contributed by atoms with E-state index >= 15 is 0 Å². The summed E-state index contributed by atoms with van der Waals surface area (Å²) >= 11 is 0. The molecule has 5 aromatic rings. The van der Waals surface area contributed by atoms with E-state index < -0.39 is 11.1 Å². The molecule has 0 aliphatic heterocycles. The molecule has 0 atom stereocenters. The first-order valence-electron chi connectivity index (χ1n) is 11.7. The molecule has 0 aliphatic rings. The van der Waals surface area contributed by atoms with E-state index in [0.717, 1.165) is 11.1 Å². The van der Waals surface area contributed by atoms with Crippen LogP contribution >= 0.6 is 0 Å². The van der Waals surface area contributed by atoms with Gasteiger partial charge in [0.15, 0.2) is 0 Å². The molecule has 0 bridgehead atoms. The maximum atomic E-state index is 12.5. The molecular weight excluding hydrogens is 476 g/mol. The van der Waals surface area contributed by atoms with E-state index in [1.54, 1.807) is 36.4 Å². The molecule has 0 radical (unpaired) electrons. The average Bonchev–Trinajstić information content (AvgIpc) is 2.94. The zero-order valence-corrected chi connectivity index (χ0v) is 19.9. The molecule has 3 aromatic carbocycles. The third kappa shape index (κ3) is 4.92. The third-order valence-electron chi connectivity index (χ3n) is 5.90. The van der Waals surface area contributed by atoms with E-state index in [1.165, 1.54) is 0 Å². The molecular formula is C30H20N6O2. The Morgan fingerprint density at radius 3 is 1.26 bits per heavy atom. The van der Waals surface area contributed by atoms with Gasteiger partial charge in [-0.1, -0.05) is 60.7 Å². The molecule has 0 unspecified atom stereocenters. The van der Waals surface area contributed by atoms with Crippen molar-refractivity contribution in [2.24, 2.45) is 0 Å². The molecule has 8 nitrogen and oxygen atoms in total. The number of anilines is 4. The Balaban J connectivity index is 1.40. The number of H-pyrrole nitrogens is 2. The Hall–Kier alpha value is -5.86. The summed E-state index contributed by atoms with van der Waals surface area (Å²) in [6.07, 6.45) is 0. The first kappa shape index (κ1) is 23.9. The van der Waals surface area contributed by atoms with Gasteiger partial charge in [-0.15, -0.1) is 0 Å². The number of hydrogen-bond acceptors (Lipinski definition) is 6. The van der Waals surface area contributed by atoms with E-state index in [9.17, 15) is 20.1 Å². The minimum atomic E-state index is -0.478. The van der Waals surface area contributed by atoms with Crippen molar-refractivity contribution in [1.29, 1.82) is 10.5 Å². The molecule has 0 fully saturated rings. The van der Waals surface area contributed by atoms with Gasteiger partial charge in [0.1, 0.15) is 34.9 Å². The number of aromatic amines is 2. The lowest BCUT2D eigenvalue weighted by Crippen LogP contribution is -2.14. The topological polar surface area (TPSA) is 137 Å². The monoisotopic (exact) mass is 496 g/mol. The zero-order chi connectivity index (χ0) is 26.5. The van der Waals surface area contributed by atoms with Crippen LogP contribution in [0.2, 0.25) is 0 Å². The van der Waals surface area contributed by atoms with Crippen LogP contribution in [-0.2, 0) is 0 Å². The lowest BCUT2D eigenvalue weighted by Gasteiger charge is -2.12. The predicted octanol–water partition coefficient (Wildman–Crippen LogP) is 5.63. The van der Waals surface area contributed by atoms with E-state index in [1.807, 2.05) is 72.8 Å². The summed E-state index contributed by atoms with van der Waals surface area (Å²) in [6.45, 7) is 0. The van der Waals surface area contributed by atoms with Gasteiger partial charge in [0, 0.05) is 22.5 Å². The van der Waals surface area contributed by atoms with Gasteiger partial charge in [-0.05, 0) is 47.5 Å². The Bertz CT molecular complexity index is 1670. The number of nitrogens with one attached hydrogen (secondary N) is 4. The third-order valence-corrected chi connectivity index (χ3v) is 5.90. The first-order valence-corrected chi connectivity index (χ1v) is 11.7. The van der Waals surface area contributed by atoms with Gasteiger partial charge in [-0.3, -0.25) is 9.59 Å². The SMILES string of the molecule is N#Cc1c(-c2ccccc2)cc(Nc2ccc(Nc3cc(-c4ccccc4)c(C#N)c(=O)[nH]3)cc2)[nH]c1=O. The number of hydrogen-bond donors (Lipinski definition) is 4. The molecule has 2 aromatic heterocycles. The summed E-state index contributed by atoms with van der Waals surface area (Å²) in [7, 11) is 0. The van der Waals surface area contributed by atoms with Crippen molar-refractivity contribution in [2.75, 3.05) is 10.6 Å². The second-order valence-electron chi connectivity index (χ2n) is 8.38. The average molecular weight is 497 g/mol. The highest BCUT2D eigenvalue weighted by Gasteiger charge is 2.13. The van der Waals surface area contributed by atoms with E-state index in [0.29, 0.717) is 34.1 Å². The van der Waals surface area contributed by atoms with Gasteiger partial charge in [0.05, 0.1) is 0 Å². The summed E-state index contributed by atoms with van der Waals surface area (Å²) in [5.74, 6) is 0.884. The van der Waals surface area contributed by atoms with Crippen molar-refractivity contribution in [3.8, 4) is 34.4 Å². The molecule has 4 N–H and O–H groups in total. The Kier molecular flexibility index (Phi) is 6.53. The maximum absolute atomic E-state index is 12.5. The van der Waals surface area contributed by atoms with E-state index in [2.05, 4.69) is 20.6 Å². The van der Waals surface area contributed by atoms with Gasteiger partial charge in [-0.2, -0.15) is 10.5 Å². The number of benzene rings is 3. The normalized spacial score (nSPS) is 10.3. The number of rotatable bonds is 6. The van der Waals surface area contributed by atoms with Crippen LogP contribution in [-0.4, -0.2) is 9.97 Å². The summed E-state index contributed by atoms with van der Waals surface area (Å²) in [4.78, 5) is 30.5. The fourth-order valence-electron chi connectivity index (χ4n) is 4.11. The summed E-state index contributed by atoms with van der Waals surface area (Å²) in [5, 5.41) is 25.3. The van der Waals surface area contributed by atoms with Crippen LogP contribution in [0.5, 0.6) is 0 Å². The Morgan fingerprint density at radius 2 is 0.921 bits per heavy atom. The van der Waals surface area contributed by atoms with Gasteiger partial charge in [0.25, 0.3) is 11.1 Å². The van der Waals surface area contributed by atoms with Crippen molar-refractivity contribution in [1.82, 2.24) is 9.97 Å². The summed E-state index contributed by atoms with van der Waals surface area (Å²) in [6, 6.07) is 33.2. The molecule has 0 saturated heterocycles. The van der Waals surface area contributed by atoms with Crippen molar-refractivity contribution < 1.29 is 0 Å². The minimum Gasteiger partial charge on any atom is -0.342 e. The lowest BCUT2D eigenvalue weighted by molar-refractivity contribution is 1.21. The molecule has 8 heteroatoms. The fraction of sp³-hybridized carbons (Fsp3) is 0.